The summed E-state index contributed by atoms with van der Waals surface area (Å²) < 4.78 is 6.97. The molecule has 0 aromatic carbocycles. The van der Waals surface area contributed by atoms with Crippen molar-refractivity contribution in [1.82, 2.24) is 14.9 Å². The molecule has 6 heteroatoms. The molecular weight excluding hydrogens is 258 g/mol. The Labute approximate surface area is 119 Å². The molecule has 6 nitrogen and oxygen atoms in total. The van der Waals surface area contributed by atoms with E-state index >= 15 is 0 Å². The van der Waals surface area contributed by atoms with Gasteiger partial charge in [-0.15, -0.1) is 12.3 Å². The van der Waals surface area contributed by atoms with Crippen LogP contribution in [0.2, 0.25) is 0 Å². The summed E-state index contributed by atoms with van der Waals surface area (Å²) in [6, 6.07) is -0.579. The van der Waals surface area contributed by atoms with Gasteiger partial charge in [0.1, 0.15) is 5.60 Å². The molecule has 0 aliphatic rings. The van der Waals surface area contributed by atoms with Crippen LogP contribution in [-0.4, -0.2) is 33.0 Å². The van der Waals surface area contributed by atoms with Crippen molar-refractivity contribution < 1.29 is 14.6 Å². The molecule has 1 unspecified atom stereocenters. The Hall–Kier alpha value is -2.00. The molecule has 20 heavy (non-hydrogen) atoms. The van der Waals surface area contributed by atoms with Crippen LogP contribution < -0.4 is 5.32 Å². The van der Waals surface area contributed by atoms with E-state index in [1.54, 1.807) is 37.9 Å². The maximum atomic E-state index is 11.7. The second kappa shape index (κ2) is 6.96. The number of hydrogen-bond acceptors (Lipinski definition) is 4. The van der Waals surface area contributed by atoms with E-state index in [4.69, 9.17) is 11.2 Å². The summed E-state index contributed by atoms with van der Waals surface area (Å²) in [5.41, 5.74) is 0.0990. The number of terminal acetylenes is 1. The highest BCUT2D eigenvalue weighted by Gasteiger charge is 2.22. The fourth-order valence-electron chi connectivity index (χ4n) is 1.66. The molecule has 1 aromatic rings. The lowest BCUT2D eigenvalue weighted by Gasteiger charge is -2.23. The number of aliphatic hydroxyl groups is 1. The Balaban J connectivity index is 2.74. The normalized spacial score (nSPS) is 12.6. The van der Waals surface area contributed by atoms with E-state index in [0.717, 1.165) is 0 Å². The van der Waals surface area contributed by atoms with Crippen molar-refractivity contribution in [1.29, 1.82) is 0 Å². The highest BCUT2D eigenvalue weighted by Crippen LogP contribution is 2.14. The minimum atomic E-state index is -0.589. The number of ether oxygens (including phenoxy) is 1. The number of aromatic nitrogens is 2. The van der Waals surface area contributed by atoms with Gasteiger partial charge in [0.15, 0.2) is 0 Å². The van der Waals surface area contributed by atoms with Crippen LogP contribution in [0.25, 0.3) is 0 Å². The summed E-state index contributed by atoms with van der Waals surface area (Å²) in [5, 5.41) is 12.1. The van der Waals surface area contributed by atoms with Crippen molar-refractivity contribution in [2.75, 3.05) is 6.61 Å². The number of nitrogens with zero attached hydrogens (tertiary/aromatic N) is 2. The topological polar surface area (TPSA) is 76.4 Å². The van der Waals surface area contributed by atoms with Crippen LogP contribution in [0.5, 0.6) is 0 Å². The van der Waals surface area contributed by atoms with Crippen LogP contribution in [0.1, 0.15) is 38.9 Å². The third kappa shape index (κ3) is 4.94. The monoisotopic (exact) mass is 279 g/mol. The quantitative estimate of drug-likeness (QED) is 0.800. The standard InChI is InChI=1S/C14H21N3O3/c1-5-6-7-17-10-15-8-12(17)11(9-18)16-13(19)20-14(2,3)4/h1,8,10-11,18H,6-7,9H2,2-4H3,(H,16,19). The molecule has 1 atom stereocenters. The first-order valence-electron chi connectivity index (χ1n) is 6.41. The third-order valence-corrected chi connectivity index (χ3v) is 2.47. The number of rotatable bonds is 5. The van der Waals surface area contributed by atoms with Crippen LogP contribution in [0, 0.1) is 12.3 Å². The van der Waals surface area contributed by atoms with E-state index < -0.39 is 17.7 Å². The molecule has 0 saturated heterocycles. The maximum Gasteiger partial charge on any atom is 0.408 e. The highest BCUT2D eigenvalue weighted by atomic mass is 16.6. The van der Waals surface area contributed by atoms with Crippen molar-refractivity contribution >= 4 is 6.09 Å². The predicted molar refractivity (Wildman–Crippen MR) is 74.9 cm³/mol. The lowest BCUT2D eigenvalue weighted by Crippen LogP contribution is -2.37. The molecule has 0 saturated carbocycles. The number of aliphatic hydroxyl groups excluding tert-OH is 1. The number of carbonyl (C=O) groups excluding carboxylic acids is 1. The largest absolute Gasteiger partial charge is 0.444 e. The van der Waals surface area contributed by atoms with Crippen LogP contribution >= 0.6 is 0 Å². The zero-order valence-electron chi connectivity index (χ0n) is 12.1. The van der Waals surface area contributed by atoms with E-state index in [-0.39, 0.29) is 6.61 Å². The molecule has 0 bridgehead atoms. The van der Waals surface area contributed by atoms with Crippen LogP contribution in [0.3, 0.4) is 0 Å². The number of hydrogen-bond donors (Lipinski definition) is 2. The van der Waals surface area contributed by atoms with Gasteiger partial charge in [0.05, 0.1) is 30.9 Å². The van der Waals surface area contributed by atoms with E-state index in [0.29, 0.717) is 18.7 Å². The lowest BCUT2D eigenvalue weighted by molar-refractivity contribution is 0.0479. The predicted octanol–water partition coefficient (Wildman–Crippen LogP) is 1.46. The summed E-state index contributed by atoms with van der Waals surface area (Å²) >= 11 is 0. The third-order valence-electron chi connectivity index (χ3n) is 2.47. The SMILES string of the molecule is C#CCCn1cncc1C(CO)NC(=O)OC(C)(C)C. The molecule has 0 aliphatic carbocycles. The average Bonchev–Trinajstić information content (AvgIpc) is 2.79. The molecule has 110 valence electrons. The van der Waals surface area contributed by atoms with Crippen molar-refractivity contribution in [2.45, 2.75) is 45.4 Å². The van der Waals surface area contributed by atoms with E-state index in [1.807, 2.05) is 0 Å². The van der Waals surface area contributed by atoms with Gasteiger partial charge in [0, 0.05) is 13.0 Å². The molecule has 0 fully saturated rings. The van der Waals surface area contributed by atoms with Gasteiger partial charge in [-0.2, -0.15) is 0 Å². The molecule has 1 heterocycles. The molecule has 1 rings (SSSR count). The fraction of sp³-hybridized carbons (Fsp3) is 0.571. The van der Waals surface area contributed by atoms with E-state index in [9.17, 15) is 9.90 Å². The van der Waals surface area contributed by atoms with Crippen molar-refractivity contribution in [3.8, 4) is 12.3 Å². The minimum absolute atomic E-state index is 0.249. The Bertz CT molecular complexity index is 483. The van der Waals surface area contributed by atoms with Crippen molar-refractivity contribution in [3.63, 3.8) is 0 Å². The minimum Gasteiger partial charge on any atom is -0.444 e. The number of imidazole rings is 1. The Morgan fingerprint density at radius 2 is 2.35 bits per heavy atom. The summed E-state index contributed by atoms with van der Waals surface area (Å²) in [4.78, 5) is 15.8. The second-order valence-corrected chi connectivity index (χ2v) is 5.35. The van der Waals surface area contributed by atoms with Crippen molar-refractivity contribution in [2.24, 2.45) is 0 Å². The molecule has 0 aliphatic heterocycles. The van der Waals surface area contributed by atoms with Gasteiger partial charge in [-0.25, -0.2) is 9.78 Å². The van der Waals surface area contributed by atoms with E-state index in [1.165, 1.54) is 0 Å². The van der Waals surface area contributed by atoms with Gasteiger partial charge >= 0.3 is 6.09 Å². The summed E-state index contributed by atoms with van der Waals surface area (Å²) in [6.07, 6.45) is 8.41. The summed E-state index contributed by atoms with van der Waals surface area (Å²) in [7, 11) is 0. The van der Waals surface area contributed by atoms with Crippen LogP contribution in [0.15, 0.2) is 12.5 Å². The molecule has 1 aromatic heterocycles. The summed E-state index contributed by atoms with van der Waals surface area (Å²) in [6.45, 7) is 5.66. The van der Waals surface area contributed by atoms with Gasteiger partial charge < -0.3 is 19.7 Å². The van der Waals surface area contributed by atoms with Gasteiger partial charge in [-0.3, -0.25) is 0 Å². The number of aryl methyl sites for hydroxylation is 1. The van der Waals surface area contributed by atoms with Gasteiger partial charge in [0.25, 0.3) is 0 Å². The first kappa shape index (κ1) is 16.1. The van der Waals surface area contributed by atoms with Gasteiger partial charge in [-0.1, -0.05) is 0 Å². The van der Waals surface area contributed by atoms with Crippen molar-refractivity contribution in [3.05, 3.63) is 18.2 Å². The van der Waals surface area contributed by atoms with E-state index in [2.05, 4.69) is 16.2 Å². The smallest absolute Gasteiger partial charge is 0.408 e. The lowest BCUT2D eigenvalue weighted by atomic mass is 10.2. The number of nitrogens with one attached hydrogen (secondary N) is 1. The highest BCUT2D eigenvalue weighted by molar-refractivity contribution is 5.68. The average molecular weight is 279 g/mol. The molecule has 0 spiro atoms. The first-order valence-corrected chi connectivity index (χ1v) is 6.41. The Kier molecular flexibility index (Phi) is 5.59. The van der Waals surface area contributed by atoms with Crippen LogP contribution in [0.4, 0.5) is 4.79 Å². The Morgan fingerprint density at radius 1 is 1.65 bits per heavy atom. The maximum absolute atomic E-state index is 11.7. The zero-order valence-corrected chi connectivity index (χ0v) is 12.1. The molecular formula is C14H21N3O3. The van der Waals surface area contributed by atoms with Crippen LogP contribution in [-0.2, 0) is 11.3 Å². The number of amides is 1. The number of carbonyl (C=O) groups is 1. The zero-order chi connectivity index (χ0) is 15.2. The fourth-order valence-corrected chi connectivity index (χ4v) is 1.66. The number of alkyl carbamates (subject to hydrolysis) is 1. The summed E-state index contributed by atoms with van der Waals surface area (Å²) in [5.74, 6) is 2.54. The molecule has 2 N–H and O–H groups in total. The van der Waals surface area contributed by atoms with Gasteiger partial charge in [-0.05, 0) is 20.8 Å². The first-order chi connectivity index (χ1) is 9.37. The molecule has 1 amide bonds. The molecule has 0 radical (unpaired) electrons. The second-order valence-electron chi connectivity index (χ2n) is 5.35. The van der Waals surface area contributed by atoms with Gasteiger partial charge in [0.2, 0.25) is 0 Å². The Morgan fingerprint density at radius 3 is 2.90 bits per heavy atom.